The van der Waals surface area contributed by atoms with Gasteiger partial charge in [0, 0.05) is 0 Å². The van der Waals surface area contributed by atoms with E-state index in [0.717, 1.165) is 0 Å². The van der Waals surface area contributed by atoms with Crippen molar-refractivity contribution in [3.63, 3.8) is 0 Å². The summed E-state index contributed by atoms with van der Waals surface area (Å²) in [5, 5.41) is 0. The topological polar surface area (TPSA) is 0 Å². The van der Waals surface area contributed by atoms with Crippen LogP contribution in [-0.2, 0) is 0 Å². The van der Waals surface area contributed by atoms with Crippen LogP contribution in [0.2, 0.25) is 0 Å². The van der Waals surface area contributed by atoms with Crippen molar-refractivity contribution in [2.45, 2.75) is 58.8 Å². The van der Waals surface area contributed by atoms with E-state index in [4.69, 9.17) is 0 Å². The molecule has 0 aromatic rings. The monoisotopic (exact) mass is 176 g/mol. The Kier molecular flexibility index (Phi) is 30.5. The van der Waals surface area contributed by atoms with Crippen LogP contribution in [0, 0.1) is 0 Å². The molecule has 0 N–H and O–H groups in total. The first-order valence-corrected chi connectivity index (χ1v) is 4.41. The van der Waals surface area contributed by atoms with Gasteiger partial charge < -0.3 is 2.85 Å². The Morgan fingerprint density at radius 2 is 0.909 bits per heavy atom. The molecule has 11 heavy (non-hydrogen) atoms. The molecule has 0 rings (SSSR count). The van der Waals surface area contributed by atoms with Crippen molar-refractivity contribution in [1.29, 1.82) is 0 Å². The fourth-order valence-electron chi connectivity index (χ4n) is 1.03. The van der Waals surface area contributed by atoms with Crippen LogP contribution in [0.3, 0.4) is 0 Å². The van der Waals surface area contributed by atoms with Crippen molar-refractivity contribution >= 4 is 0 Å². The summed E-state index contributed by atoms with van der Waals surface area (Å²) in [5.74, 6) is 0. The minimum absolute atomic E-state index is 0. The molecule has 0 nitrogen and oxygen atoms in total. The Balaban J connectivity index is -0.0000000533. The van der Waals surface area contributed by atoms with Crippen LogP contribution >= 0.6 is 0 Å². The first kappa shape index (κ1) is 18.7. The van der Waals surface area contributed by atoms with E-state index in [1.807, 2.05) is 0 Å². The summed E-state index contributed by atoms with van der Waals surface area (Å²) in [7, 11) is 0. The van der Waals surface area contributed by atoms with Crippen molar-refractivity contribution in [2.75, 3.05) is 0 Å². The van der Waals surface area contributed by atoms with Crippen molar-refractivity contribution in [2.24, 2.45) is 0 Å². The predicted molar refractivity (Wildman–Crippen MR) is 45.9 cm³/mol. The van der Waals surface area contributed by atoms with Gasteiger partial charge in [0.25, 0.3) is 0 Å². The third-order valence-electron chi connectivity index (χ3n) is 1.71. The molecule has 0 unspecified atom stereocenters. The molecule has 0 amide bonds. The van der Waals surface area contributed by atoms with E-state index < -0.39 is 0 Å². The standard InChI is InChI=1S/C9H20.2Na.2H/c1-3-5-7-9-8-6-4-2;;;;/h3-9H2,1-2H3;;;;/q;2*+1;2*-1. The zero-order chi connectivity index (χ0) is 6.95. The Morgan fingerprint density at radius 3 is 1.18 bits per heavy atom. The Hall–Kier alpha value is 2.00. The SMILES string of the molecule is CCCCCCCCC.[H-].[H-].[Na+].[Na+]. The van der Waals surface area contributed by atoms with Gasteiger partial charge in [0.15, 0.2) is 0 Å². The smallest absolute Gasteiger partial charge is 1.00 e. The van der Waals surface area contributed by atoms with E-state index in [1.165, 1.54) is 44.9 Å². The van der Waals surface area contributed by atoms with E-state index in [9.17, 15) is 0 Å². The Morgan fingerprint density at radius 1 is 0.636 bits per heavy atom. The first-order chi connectivity index (χ1) is 4.41. The molecular formula is C9H22Na2. The van der Waals surface area contributed by atoms with E-state index in [2.05, 4.69) is 13.8 Å². The third kappa shape index (κ3) is 18.8. The van der Waals surface area contributed by atoms with Gasteiger partial charge in [0.2, 0.25) is 0 Å². The van der Waals surface area contributed by atoms with Gasteiger partial charge in [0.1, 0.15) is 0 Å². The molecule has 0 radical (unpaired) electrons. The summed E-state index contributed by atoms with van der Waals surface area (Å²) in [5.41, 5.74) is 0. The summed E-state index contributed by atoms with van der Waals surface area (Å²) < 4.78 is 0. The predicted octanol–water partition coefficient (Wildman–Crippen LogP) is -2.01. The number of rotatable bonds is 6. The molecule has 0 saturated heterocycles. The fourth-order valence-corrected chi connectivity index (χ4v) is 1.03. The number of hydrogen-bond donors (Lipinski definition) is 0. The molecular weight excluding hydrogens is 154 g/mol. The van der Waals surface area contributed by atoms with Crippen molar-refractivity contribution in [3.8, 4) is 0 Å². The van der Waals surface area contributed by atoms with Crippen LogP contribution in [0.1, 0.15) is 61.6 Å². The second-order valence-electron chi connectivity index (χ2n) is 2.77. The van der Waals surface area contributed by atoms with Crippen LogP contribution in [0.25, 0.3) is 0 Å². The first-order valence-electron chi connectivity index (χ1n) is 4.41. The molecule has 0 atom stereocenters. The average molecular weight is 176 g/mol. The van der Waals surface area contributed by atoms with Crippen LogP contribution in [0.5, 0.6) is 0 Å². The molecule has 0 aliphatic rings. The molecule has 0 heterocycles. The van der Waals surface area contributed by atoms with E-state index in [-0.39, 0.29) is 62.0 Å². The van der Waals surface area contributed by atoms with E-state index in [1.54, 1.807) is 0 Å². The zero-order valence-corrected chi connectivity index (χ0v) is 12.9. The summed E-state index contributed by atoms with van der Waals surface area (Å²) in [6, 6.07) is 0. The normalized spacial score (nSPS) is 8.18. The quantitative estimate of drug-likeness (QED) is 0.324. The summed E-state index contributed by atoms with van der Waals surface area (Å²) in [6.45, 7) is 4.53. The maximum absolute atomic E-state index is 2.26. The van der Waals surface area contributed by atoms with Gasteiger partial charge in [-0.15, -0.1) is 0 Å². The summed E-state index contributed by atoms with van der Waals surface area (Å²) in [4.78, 5) is 0. The molecule has 0 aromatic carbocycles. The minimum atomic E-state index is 0. The van der Waals surface area contributed by atoms with Crippen LogP contribution in [0.15, 0.2) is 0 Å². The van der Waals surface area contributed by atoms with Crippen LogP contribution in [-0.4, -0.2) is 0 Å². The van der Waals surface area contributed by atoms with Gasteiger partial charge in [-0.1, -0.05) is 58.8 Å². The van der Waals surface area contributed by atoms with Gasteiger partial charge >= 0.3 is 59.1 Å². The fraction of sp³-hybridized carbons (Fsp3) is 1.00. The second-order valence-corrected chi connectivity index (χ2v) is 2.77. The number of hydrogen-bond acceptors (Lipinski definition) is 0. The van der Waals surface area contributed by atoms with Crippen molar-refractivity contribution in [3.05, 3.63) is 0 Å². The van der Waals surface area contributed by atoms with Gasteiger partial charge in [-0.05, 0) is 0 Å². The molecule has 0 saturated carbocycles. The largest absolute Gasteiger partial charge is 1.00 e. The molecule has 0 aromatic heterocycles. The molecule has 0 fully saturated rings. The molecule has 0 aliphatic heterocycles. The molecule has 0 aliphatic carbocycles. The Labute approximate surface area is 119 Å². The minimum Gasteiger partial charge on any atom is -1.00 e. The molecule has 0 bridgehead atoms. The van der Waals surface area contributed by atoms with Gasteiger partial charge in [-0.25, -0.2) is 0 Å². The summed E-state index contributed by atoms with van der Waals surface area (Å²) >= 11 is 0. The second kappa shape index (κ2) is 17.9. The molecule has 2 heteroatoms. The van der Waals surface area contributed by atoms with Crippen LogP contribution < -0.4 is 59.1 Å². The zero-order valence-electron chi connectivity index (χ0n) is 10.9. The van der Waals surface area contributed by atoms with Crippen LogP contribution in [0.4, 0.5) is 0 Å². The van der Waals surface area contributed by atoms with E-state index in [0.29, 0.717) is 0 Å². The van der Waals surface area contributed by atoms with Gasteiger partial charge in [0.05, 0.1) is 0 Å². The number of unbranched alkanes of at least 4 members (excludes halogenated alkanes) is 6. The average Bonchev–Trinajstić information content (AvgIpc) is 1.89. The Bertz CT molecular complexity index is 48.9. The van der Waals surface area contributed by atoms with E-state index >= 15 is 0 Å². The molecule has 60 valence electrons. The maximum Gasteiger partial charge on any atom is 1.00 e. The van der Waals surface area contributed by atoms with Crippen molar-refractivity contribution in [1.82, 2.24) is 0 Å². The van der Waals surface area contributed by atoms with Crippen molar-refractivity contribution < 1.29 is 62.0 Å². The van der Waals surface area contributed by atoms with Gasteiger partial charge in [-0.3, -0.25) is 0 Å². The third-order valence-corrected chi connectivity index (χ3v) is 1.71. The van der Waals surface area contributed by atoms with Gasteiger partial charge in [-0.2, -0.15) is 0 Å². The summed E-state index contributed by atoms with van der Waals surface area (Å²) in [6.07, 6.45) is 9.97. The molecule has 0 spiro atoms. The maximum atomic E-state index is 2.26.